The Bertz CT molecular complexity index is 71.2. The van der Waals surface area contributed by atoms with Crippen molar-refractivity contribution < 1.29 is 8.78 Å². The van der Waals surface area contributed by atoms with E-state index in [1.807, 2.05) is 0 Å². The molecule has 0 saturated heterocycles. The zero-order valence-electron chi connectivity index (χ0n) is 2.79. The second-order valence-corrected chi connectivity index (χ2v) is 1.71. The van der Waals surface area contributed by atoms with Gasteiger partial charge in [-0.1, -0.05) is 0 Å². The maximum atomic E-state index is 11.3. The minimum absolute atomic E-state index is 0.786. The van der Waals surface area contributed by atoms with Crippen LogP contribution in [0, 0.1) is 6.42 Å². The third-order valence-corrected chi connectivity index (χ3v) is 1.04. The molecule has 0 aromatic carbocycles. The number of hydrogen-bond acceptors (Lipinski definition) is 0. The van der Waals surface area contributed by atoms with Crippen molar-refractivity contribution in [3.63, 3.8) is 0 Å². The monoisotopic (exact) mass is 111 g/mol. The van der Waals surface area contributed by atoms with Gasteiger partial charge in [0.2, 0.25) is 0 Å². The molecular weight excluding hydrogens is 109 g/mol. The summed E-state index contributed by atoms with van der Waals surface area (Å²) < 4.78 is 22.7. The predicted octanol–water partition coefficient (Wildman–Crippen LogP) is 1.45. The highest BCUT2D eigenvalue weighted by molar-refractivity contribution is 6.25. The van der Waals surface area contributed by atoms with Crippen molar-refractivity contribution >= 4 is 11.6 Å². The third-order valence-electron chi connectivity index (χ3n) is 0.627. The highest BCUT2D eigenvalue weighted by atomic mass is 35.5. The Morgan fingerprint density at radius 3 is 1.83 bits per heavy atom. The second kappa shape index (κ2) is 0.861. The summed E-state index contributed by atoms with van der Waals surface area (Å²) in [7, 11) is 0. The normalized spacial score (nSPS) is 39.5. The molecule has 0 N–H and O–H groups in total. The molecule has 0 bridgehead atoms. The molecule has 0 aliphatic heterocycles. The van der Waals surface area contributed by atoms with Crippen LogP contribution >= 0.6 is 11.6 Å². The predicted molar refractivity (Wildman–Crippen MR) is 18.9 cm³/mol. The molecule has 0 aromatic heterocycles. The van der Waals surface area contributed by atoms with Gasteiger partial charge in [0.1, 0.15) is 5.38 Å². The number of halogens is 3. The molecule has 0 heterocycles. The summed E-state index contributed by atoms with van der Waals surface area (Å²) in [6.07, 6.45) is 0.786. The second-order valence-electron chi connectivity index (χ2n) is 1.24. The summed E-state index contributed by atoms with van der Waals surface area (Å²) >= 11 is 4.87. The number of rotatable bonds is 0. The lowest BCUT2D eigenvalue weighted by atomic mass is 10.8. The Morgan fingerprint density at radius 2 is 1.83 bits per heavy atom. The first-order valence-electron chi connectivity index (χ1n) is 1.51. The molecule has 6 heavy (non-hydrogen) atoms. The molecule has 1 aliphatic carbocycles. The van der Waals surface area contributed by atoms with Crippen LogP contribution in [0.1, 0.15) is 0 Å². The molecule has 35 valence electrons. The number of hydrogen-bond donors (Lipinski definition) is 0. The molecule has 0 spiro atoms. The Hall–Kier alpha value is 0.150. The van der Waals surface area contributed by atoms with Gasteiger partial charge in [-0.15, -0.1) is 11.6 Å². The van der Waals surface area contributed by atoms with Crippen molar-refractivity contribution in [3.8, 4) is 0 Å². The van der Waals surface area contributed by atoms with Crippen LogP contribution in [0.25, 0.3) is 0 Å². The first-order valence-corrected chi connectivity index (χ1v) is 1.94. The summed E-state index contributed by atoms with van der Waals surface area (Å²) in [5, 5.41) is -0.988. The van der Waals surface area contributed by atoms with E-state index >= 15 is 0 Å². The zero-order valence-corrected chi connectivity index (χ0v) is 3.54. The quantitative estimate of drug-likeness (QED) is 0.415. The summed E-state index contributed by atoms with van der Waals surface area (Å²) in [5.41, 5.74) is 0. The lowest BCUT2D eigenvalue weighted by Gasteiger charge is -1.80. The molecule has 1 aliphatic rings. The van der Waals surface area contributed by atoms with Gasteiger partial charge in [-0.25, -0.2) is 8.78 Å². The van der Waals surface area contributed by atoms with Gasteiger partial charge >= 0.3 is 0 Å². The Morgan fingerprint density at radius 1 is 1.67 bits per heavy atom. The van der Waals surface area contributed by atoms with Crippen LogP contribution in [-0.2, 0) is 0 Å². The van der Waals surface area contributed by atoms with Crippen LogP contribution in [0.15, 0.2) is 0 Å². The van der Waals surface area contributed by atoms with Gasteiger partial charge in [-0.3, -0.25) is 0 Å². The average Bonchev–Trinajstić information content (AvgIpc) is 1.73. The van der Waals surface area contributed by atoms with Crippen LogP contribution in [-0.4, -0.2) is 11.3 Å². The van der Waals surface area contributed by atoms with Gasteiger partial charge in [-0.2, -0.15) is 0 Å². The third kappa shape index (κ3) is 0.492. The lowest BCUT2D eigenvalue weighted by Crippen LogP contribution is -1.89. The van der Waals surface area contributed by atoms with Crippen LogP contribution in [0.5, 0.6) is 0 Å². The van der Waals surface area contributed by atoms with E-state index in [0.29, 0.717) is 0 Å². The molecular formula is C3H2ClF2. The fourth-order valence-corrected chi connectivity index (χ4v) is 0.315. The highest BCUT2D eigenvalue weighted by Gasteiger charge is 2.56. The summed E-state index contributed by atoms with van der Waals surface area (Å²) in [6.45, 7) is 0. The van der Waals surface area contributed by atoms with Crippen LogP contribution in [0.2, 0.25) is 0 Å². The van der Waals surface area contributed by atoms with Gasteiger partial charge in [-0.05, 0) is 0 Å². The first-order chi connectivity index (χ1) is 2.63. The topological polar surface area (TPSA) is 0 Å². The average molecular weight is 111 g/mol. The standard InChI is InChI=1S/C3H2ClF2/c4-2-1-3(2,5)6/h1-2H. The SMILES string of the molecule is FC1(F)[CH]C1Cl. The van der Waals surface area contributed by atoms with Crippen LogP contribution in [0.3, 0.4) is 0 Å². The molecule has 1 rings (SSSR count). The van der Waals surface area contributed by atoms with Crippen molar-refractivity contribution in [3.05, 3.63) is 6.42 Å². The van der Waals surface area contributed by atoms with Gasteiger partial charge in [0.05, 0.1) is 6.42 Å². The molecule has 0 nitrogen and oxygen atoms in total. The molecule has 0 amide bonds. The Balaban J connectivity index is 2.41. The van der Waals surface area contributed by atoms with Crippen molar-refractivity contribution in [2.24, 2.45) is 0 Å². The van der Waals surface area contributed by atoms with Gasteiger partial charge in [0.15, 0.2) is 0 Å². The maximum absolute atomic E-state index is 11.3. The molecule has 1 radical (unpaired) electrons. The first kappa shape index (κ1) is 4.31. The van der Waals surface area contributed by atoms with E-state index in [1.165, 1.54) is 0 Å². The summed E-state index contributed by atoms with van der Waals surface area (Å²) in [4.78, 5) is 0. The number of alkyl halides is 3. The van der Waals surface area contributed by atoms with Gasteiger partial charge < -0.3 is 0 Å². The highest BCUT2D eigenvalue weighted by Crippen LogP contribution is 2.44. The van der Waals surface area contributed by atoms with E-state index in [1.54, 1.807) is 0 Å². The molecule has 1 unspecified atom stereocenters. The molecule has 1 atom stereocenters. The lowest BCUT2D eigenvalue weighted by molar-refractivity contribution is 0.136. The van der Waals surface area contributed by atoms with Gasteiger partial charge in [0.25, 0.3) is 5.92 Å². The zero-order chi connectivity index (χ0) is 4.78. The van der Waals surface area contributed by atoms with Crippen LogP contribution < -0.4 is 0 Å². The Labute approximate surface area is 39.1 Å². The summed E-state index contributed by atoms with van der Waals surface area (Å²) in [6, 6.07) is 0. The summed E-state index contributed by atoms with van der Waals surface area (Å²) in [5.74, 6) is -2.65. The molecule has 3 heteroatoms. The fraction of sp³-hybridized carbons (Fsp3) is 0.667. The Kier molecular flexibility index (Phi) is 0.619. The van der Waals surface area contributed by atoms with E-state index in [-0.39, 0.29) is 0 Å². The van der Waals surface area contributed by atoms with Crippen molar-refractivity contribution in [1.82, 2.24) is 0 Å². The molecule has 1 fully saturated rings. The fourth-order valence-electron chi connectivity index (χ4n) is 0.147. The van der Waals surface area contributed by atoms with Gasteiger partial charge in [0, 0.05) is 0 Å². The van der Waals surface area contributed by atoms with E-state index in [2.05, 4.69) is 0 Å². The van der Waals surface area contributed by atoms with Crippen molar-refractivity contribution in [2.45, 2.75) is 11.3 Å². The van der Waals surface area contributed by atoms with Crippen molar-refractivity contribution in [1.29, 1.82) is 0 Å². The van der Waals surface area contributed by atoms with Crippen molar-refractivity contribution in [2.75, 3.05) is 0 Å². The molecule has 0 aromatic rings. The van der Waals surface area contributed by atoms with Crippen LogP contribution in [0.4, 0.5) is 8.78 Å². The van der Waals surface area contributed by atoms with E-state index in [4.69, 9.17) is 11.6 Å². The maximum Gasteiger partial charge on any atom is 0.269 e. The smallest absolute Gasteiger partial charge is 0.205 e. The largest absolute Gasteiger partial charge is 0.269 e. The minimum Gasteiger partial charge on any atom is -0.205 e. The molecule has 1 saturated carbocycles. The van der Waals surface area contributed by atoms with E-state index in [9.17, 15) is 8.78 Å². The van der Waals surface area contributed by atoms with E-state index in [0.717, 1.165) is 6.42 Å². The minimum atomic E-state index is -2.65. The van der Waals surface area contributed by atoms with E-state index < -0.39 is 11.3 Å².